The quantitative estimate of drug-likeness (QED) is 0.797. The number of morpholine rings is 1. The highest BCUT2D eigenvalue weighted by molar-refractivity contribution is 4.88. The Morgan fingerprint density at radius 2 is 1.89 bits per heavy atom. The molecular formula is C16H32N2O. The van der Waals surface area contributed by atoms with Gasteiger partial charge in [0.25, 0.3) is 0 Å². The van der Waals surface area contributed by atoms with Crippen LogP contribution in [0.5, 0.6) is 0 Å². The molecule has 2 fully saturated rings. The Bertz CT molecular complexity index is 251. The third-order valence-electron chi connectivity index (χ3n) is 5.09. The van der Waals surface area contributed by atoms with Gasteiger partial charge in [0, 0.05) is 25.2 Å². The molecule has 0 aromatic heterocycles. The molecule has 1 aliphatic heterocycles. The summed E-state index contributed by atoms with van der Waals surface area (Å²) in [5.74, 6) is 0.812. The first-order valence-electron chi connectivity index (χ1n) is 8.33. The summed E-state index contributed by atoms with van der Waals surface area (Å²) in [5, 5.41) is 0. The Labute approximate surface area is 118 Å². The third kappa shape index (κ3) is 3.93. The first-order chi connectivity index (χ1) is 9.26. The minimum absolute atomic E-state index is 0.364. The molecule has 0 aromatic rings. The second-order valence-electron chi connectivity index (χ2n) is 6.46. The Balaban J connectivity index is 2.04. The molecular weight excluding hydrogens is 236 g/mol. The predicted octanol–water partition coefficient (Wildman–Crippen LogP) is 2.78. The van der Waals surface area contributed by atoms with E-state index in [1.807, 2.05) is 0 Å². The minimum Gasteiger partial charge on any atom is -0.376 e. The van der Waals surface area contributed by atoms with E-state index in [1.54, 1.807) is 0 Å². The van der Waals surface area contributed by atoms with Crippen LogP contribution in [0.4, 0.5) is 0 Å². The highest BCUT2D eigenvalue weighted by Crippen LogP contribution is 2.30. The summed E-state index contributed by atoms with van der Waals surface area (Å²) in [6.07, 6.45) is 9.94. The van der Waals surface area contributed by atoms with Crippen molar-refractivity contribution in [3.8, 4) is 0 Å². The van der Waals surface area contributed by atoms with Gasteiger partial charge in [-0.05, 0) is 32.1 Å². The van der Waals surface area contributed by atoms with Crippen LogP contribution in [0.1, 0.15) is 58.8 Å². The Morgan fingerprint density at radius 1 is 1.21 bits per heavy atom. The first kappa shape index (κ1) is 15.3. The molecule has 0 amide bonds. The number of nitrogens with zero attached hydrogens (tertiary/aromatic N) is 1. The van der Waals surface area contributed by atoms with E-state index in [0.717, 1.165) is 25.6 Å². The molecule has 19 heavy (non-hydrogen) atoms. The molecule has 1 heterocycles. The van der Waals surface area contributed by atoms with Crippen LogP contribution in [0.3, 0.4) is 0 Å². The van der Waals surface area contributed by atoms with E-state index in [0.29, 0.717) is 18.2 Å². The summed E-state index contributed by atoms with van der Waals surface area (Å²) in [6.45, 7) is 7.24. The number of nitrogens with two attached hydrogens (primary N) is 1. The number of ether oxygens (including phenoxy) is 1. The lowest BCUT2D eigenvalue weighted by Gasteiger charge is -2.45. The molecule has 1 saturated heterocycles. The van der Waals surface area contributed by atoms with Crippen LogP contribution >= 0.6 is 0 Å². The average molecular weight is 268 g/mol. The van der Waals surface area contributed by atoms with Gasteiger partial charge >= 0.3 is 0 Å². The zero-order chi connectivity index (χ0) is 13.7. The molecule has 0 aromatic carbocycles. The maximum absolute atomic E-state index is 6.17. The van der Waals surface area contributed by atoms with E-state index in [2.05, 4.69) is 18.7 Å². The van der Waals surface area contributed by atoms with Gasteiger partial charge in [-0.2, -0.15) is 0 Å². The van der Waals surface area contributed by atoms with Crippen LogP contribution in [0.2, 0.25) is 0 Å². The fourth-order valence-electron chi connectivity index (χ4n) is 3.92. The highest BCUT2D eigenvalue weighted by Gasteiger charge is 2.34. The monoisotopic (exact) mass is 268 g/mol. The van der Waals surface area contributed by atoms with Gasteiger partial charge in [0.15, 0.2) is 0 Å². The Morgan fingerprint density at radius 3 is 2.47 bits per heavy atom. The lowest BCUT2D eigenvalue weighted by atomic mass is 9.89. The predicted molar refractivity (Wildman–Crippen MR) is 80.2 cm³/mol. The van der Waals surface area contributed by atoms with Gasteiger partial charge in [0.2, 0.25) is 0 Å². The zero-order valence-corrected chi connectivity index (χ0v) is 12.8. The lowest BCUT2D eigenvalue weighted by Crippen LogP contribution is -2.57. The molecule has 3 unspecified atom stereocenters. The number of rotatable bonds is 4. The molecule has 3 nitrogen and oxygen atoms in total. The van der Waals surface area contributed by atoms with Gasteiger partial charge in [-0.15, -0.1) is 0 Å². The fraction of sp³-hybridized carbons (Fsp3) is 1.00. The summed E-state index contributed by atoms with van der Waals surface area (Å²) in [4.78, 5) is 2.68. The molecule has 2 aliphatic rings. The van der Waals surface area contributed by atoms with Crippen molar-refractivity contribution < 1.29 is 4.74 Å². The standard InChI is InChI=1S/C16H32N2O/c1-3-15-12-19-13(2)11-18(15)16(10-17)14-8-6-4-5-7-9-14/h13-16H,3-12,17H2,1-2H3. The van der Waals surface area contributed by atoms with Crippen LogP contribution in [0.15, 0.2) is 0 Å². The van der Waals surface area contributed by atoms with Gasteiger partial charge < -0.3 is 10.5 Å². The summed E-state index contributed by atoms with van der Waals surface area (Å²) < 4.78 is 5.84. The van der Waals surface area contributed by atoms with Crippen LogP contribution in [0, 0.1) is 5.92 Å². The molecule has 1 saturated carbocycles. The van der Waals surface area contributed by atoms with Gasteiger partial charge in [-0.3, -0.25) is 4.90 Å². The highest BCUT2D eigenvalue weighted by atomic mass is 16.5. The topological polar surface area (TPSA) is 38.5 Å². The van der Waals surface area contributed by atoms with E-state index in [-0.39, 0.29) is 0 Å². The molecule has 112 valence electrons. The van der Waals surface area contributed by atoms with E-state index in [9.17, 15) is 0 Å². The van der Waals surface area contributed by atoms with Gasteiger partial charge in [-0.1, -0.05) is 32.6 Å². The Hall–Kier alpha value is -0.120. The van der Waals surface area contributed by atoms with E-state index >= 15 is 0 Å². The van der Waals surface area contributed by atoms with E-state index < -0.39 is 0 Å². The van der Waals surface area contributed by atoms with E-state index in [1.165, 1.54) is 44.9 Å². The van der Waals surface area contributed by atoms with Gasteiger partial charge in [-0.25, -0.2) is 0 Å². The van der Waals surface area contributed by atoms with Crippen molar-refractivity contribution in [2.24, 2.45) is 11.7 Å². The zero-order valence-electron chi connectivity index (χ0n) is 12.8. The van der Waals surface area contributed by atoms with Crippen LogP contribution in [-0.2, 0) is 4.74 Å². The summed E-state index contributed by atoms with van der Waals surface area (Å²) in [6, 6.07) is 1.16. The first-order valence-corrected chi connectivity index (χ1v) is 8.33. The summed E-state index contributed by atoms with van der Waals surface area (Å²) >= 11 is 0. The molecule has 3 heteroatoms. The molecule has 0 bridgehead atoms. The molecule has 0 radical (unpaired) electrons. The van der Waals surface area contributed by atoms with E-state index in [4.69, 9.17) is 10.5 Å². The van der Waals surface area contributed by atoms with Crippen molar-refractivity contribution >= 4 is 0 Å². The second-order valence-corrected chi connectivity index (χ2v) is 6.46. The third-order valence-corrected chi connectivity index (χ3v) is 5.09. The Kier molecular flexibility index (Phi) is 6.11. The molecule has 3 atom stereocenters. The minimum atomic E-state index is 0.364. The van der Waals surface area contributed by atoms with Gasteiger partial charge in [0.1, 0.15) is 0 Å². The van der Waals surface area contributed by atoms with Crippen molar-refractivity contribution in [1.29, 1.82) is 0 Å². The second kappa shape index (κ2) is 7.61. The van der Waals surface area contributed by atoms with Crippen molar-refractivity contribution in [3.05, 3.63) is 0 Å². The largest absolute Gasteiger partial charge is 0.376 e. The molecule has 0 spiro atoms. The maximum atomic E-state index is 6.17. The van der Waals surface area contributed by atoms with Gasteiger partial charge in [0.05, 0.1) is 12.7 Å². The maximum Gasteiger partial charge on any atom is 0.0674 e. The van der Waals surface area contributed by atoms with Crippen LogP contribution < -0.4 is 5.73 Å². The molecule has 1 aliphatic carbocycles. The fourth-order valence-corrected chi connectivity index (χ4v) is 3.92. The van der Waals surface area contributed by atoms with Crippen molar-refractivity contribution in [2.45, 2.75) is 77.0 Å². The van der Waals surface area contributed by atoms with Crippen molar-refractivity contribution in [1.82, 2.24) is 4.90 Å². The normalized spacial score (nSPS) is 33.0. The summed E-state index contributed by atoms with van der Waals surface area (Å²) in [5.41, 5.74) is 6.17. The van der Waals surface area contributed by atoms with Crippen molar-refractivity contribution in [3.63, 3.8) is 0 Å². The van der Waals surface area contributed by atoms with Crippen LogP contribution in [-0.4, -0.2) is 42.8 Å². The number of hydrogen-bond donors (Lipinski definition) is 1. The molecule has 2 N–H and O–H groups in total. The lowest BCUT2D eigenvalue weighted by molar-refractivity contribution is -0.0808. The summed E-state index contributed by atoms with van der Waals surface area (Å²) in [7, 11) is 0. The smallest absolute Gasteiger partial charge is 0.0674 e. The SMILES string of the molecule is CCC1COC(C)CN1C(CN)C1CCCCCC1. The van der Waals surface area contributed by atoms with Crippen molar-refractivity contribution in [2.75, 3.05) is 19.7 Å². The van der Waals surface area contributed by atoms with Crippen LogP contribution in [0.25, 0.3) is 0 Å². The average Bonchev–Trinajstić information content (AvgIpc) is 2.69. The number of hydrogen-bond acceptors (Lipinski definition) is 3. The molecule has 2 rings (SSSR count).